The Bertz CT molecular complexity index is 891. The Morgan fingerprint density at radius 3 is 2.56 bits per heavy atom. The van der Waals surface area contributed by atoms with Gasteiger partial charge < -0.3 is 10.4 Å². The minimum Gasteiger partial charge on any atom is -0.506 e. The maximum absolute atomic E-state index is 12.5. The van der Waals surface area contributed by atoms with E-state index >= 15 is 0 Å². The highest BCUT2D eigenvalue weighted by molar-refractivity contribution is 7.91. The van der Waals surface area contributed by atoms with Gasteiger partial charge >= 0.3 is 6.18 Å². The van der Waals surface area contributed by atoms with Gasteiger partial charge in [-0.05, 0) is 24.3 Å². The lowest BCUT2D eigenvalue weighted by molar-refractivity contribution is -0.141. The van der Waals surface area contributed by atoms with E-state index in [1.807, 2.05) is 0 Å². The molecule has 1 heterocycles. The normalized spacial score (nSPS) is 12.2. The van der Waals surface area contributed by atoms with Crippen LogP contribution in [0.4, 0.5) is 18.9 Å². The van der Waals surface area contributed by atoms with Crippen LogP contribution in [-0.4, -0.2) is 35.0 Å². The lowest BCUT2D eigenvalue weighted by Crippen LogP contribution is -2.20. The van der Waals surface area contributed by atoms with Crippen molar-refractivity contribution >= 4 is 21.4 Å². The molecule has 0 unspecified atom stereocenters. The first kappa shape index (κ1) is 18.8. The zero-order chi connectivity index (χ0) is 18.8. The Morgan fingerprint density at radius 1 is 1.32 bits per heavy atom. The molecule has 0 saturated carbocycles. The monoisotopic (exact) mass is 377 g/mol. The third-order valence-electron chi connectivity index (χ3n) is 3.22. The molecule has 11 heteroatoms. The largest absolute Gasteiger partial charge is 0.506 e. The highest BCUT2D eigenvalue weighted by Crippen LogP contribution is 2.28. The summed E-state index contributed by atoms with van der Waals surface area (Å²) in [6, 6.07) is 4.09. The summed E-state index contributed by atoms with van der Waals surface area (Å²) in [5, 5.41) is 15.2. The fraction of sp³-hybridized carbons (Fsp3) is 0.286. The van der Waals surface area contributed by atoms with Gasteiger partial charge in [0.25, 0.3) is 0 Å². The molecule has 2 N–H and O–H groups in total. The lowest BCUT2D eigenvalue weighted by Gasteiger charge is -2.10. The fourth-order valence-electron chi connectivity index (χ4n) is 1.91. The van der Waals surface area contributed by atoms with Crippen LogP contribution in [0.25, 0.3) is 0 Å². The summed E-state index contributed by atoms with van der Waals surface area (Å²) >= 11 is 0. The number of alkyl halides is 3. The van der Waals surface area contributed by atoms with Gasteiger partial charge in [-0.3, -0.25) is 9.48 Å². The predicted octanol–water partition coefficient (Wildman–Crippen LogP) is 2.04. The Labute approximate surface area is 141 Å². The fourth-order valence-corrected chi connectivity index (χ4v) is 2.82. The first-order valence-electron chi connectivity index (χ1n) is 6.99. The van der Waals surface area contributed by atoms with Crippen LogP contribution in [0.3, 0.4) is 0 Å². The Balaban J connectivity index is 2.15. The van der Waals surface area contributed by atoms with Crippen LogP contribution < -0.4 is 5.32 Å². The summed E-state index contributed by atoms with van der Waals surface area (Å²) in [7, 11) is -3.55. The highest BCUT2D eigenvalue weighted by Gasteiger charge is 2.33. The molecule has 0 radical (unpaired) electrons. The highest BCUT2D eigenvalue weighted by atomic mass is 32.2. The van der Waals surface area contributed by atoms with Crippen LogP contribution in [-0.2, 0) is 27.4 Å². The van der Waals surface area contributed by atoms with Crippen molar-refractivity contribution in [3.05, 3.63) is 36.2 Å². The molecular formula is C14H14F3N3O4S. The summed E-state index contributed by atoms with van der Waals surface area (Å²) in [5.74, 6) is -1.32. The average molecular weight is 377 g/mol. The van der Waals surface area contributed by atoms with Gasteiger partial charge in [0.05, 0.1) is 16.3 Å². The number of aromatic nitrogens is 2. The number of anilines is 1. The van der Waals surface area contributed by atoms with Crippen molar-refractivity contribution in [2.75, 3.05) is 11.1 Å². The number of aromatic hydroxyl groups is 1. The number of nitrogens with zero attached hydrogens (tertiary/aromatic N) is 2. The van der Waals surface area contributed by atoms with E-state index < -0.39 is 34.2 Å². The molecule has 0 spiro atoms. The molecule has 0 aliphatic rings. The molecule has 0 aliphatic carbocycles. The number of nitrogens with one attached hydrogen (secondary N) is 1. The van der Waals surface area contributed by atoms with Crippen molar-refractivity contribution in [1.82, 2.24) is 9.78 Å². The third-order valence-corrected chi connectivity index (χ3v) is 4.95. The smallest absolute Gasteiger partial charge is 0.435 e. The van der Waals surface area contributed by atoms with Crippen molar-refractivity contribution < 1.29 is 31.5 Å². The zero-order valence-electron chi connectivity index (χ0n) is 12.9. The first-order chi connectivity index (χ1) is 11.5. The summed E-state index contributed by atoms with van der Waals surface area (Å²) in [6.45, 7) is 0.899. The molecule has 2 rings (SSSR count). The molecule has 2 aromatic rings. The van der Waals surface area contributed by atoms with Crippen molar-refractivity contribution in [2.45, 2.75) is 24.5 Å². The number of amides is 1. The van der Waals surface area contributed by atoms with Crippen LogP contribution in [0.5, 0.6) is 5.75 Å². The molecule has 0 aliphatic heterocycles. The number of sulfone groups is 1. The van der Waals surface area contributed by atoms with Crippen molar-refractivity contribution in [3.8, 4) is 5.75 Å². The molecule has 7 nitrogen and oxygen atoms in total. The number of phenolic OH excluding ortho intramolecular Hbond substituents is 1. The van der Waals surface area contributed by atoms with E-state index in [0.717, 1.165) is 29.1 Å². The molecule has 1 amide bonds. The number of halogens is 3. The van der Waals surface area contributed by atoms with E-state index in [1.54, 1.807) is 0 Å². The van der Waals surface area contributed by atoms with E-state index in [1.165, 1.54) is 13.0 Å². The molecule has 0 fully saturated rings. The van der Waals surface area contributed by atoms with Crippen LogP contribution in [0.15, 0.2) is 35.4 Å². The molecule has 25 heavy (non-hydrogen) atoms. The van der Waals surface area contributed by atoms with Crippen LogP contribution in [0.2, 0.25) is 0 Å². The van der Waals surface area contributed by atoms with Gasteiger partial charge in [0.1, 0.15) is 12.3 Å². The maximum Gasteiger partial charge on any atom is 0.435 e. The Morgan fingerprint density at radius 2 is 2.00 bits per heavy atom. The van der Waals surface area contributed by atoms with E-state index in [2.05, 4.69) is 10.4 Å². The van der Waals surface area contributed by atoms with Crippen molar-refractivity contribution in [3.63, 3.8) is 0 Å². The number of rotatable bonds is 5. The van der Waals surface area contributed by atoms with E-state index in [9.17, 15) is 31.5 Å². The van der Waals surface area contributed by atoms with Gasteiger partial charge in [0.15, 0.2) is 15.5 Å². The second kappa shape index (κ2) is 6.75. The van der Waals surface area contributed by atoms with E-state index in [4.69, 9.17) is 0 Å². The van der Waals surface area contributed by atoms with Crippen LogP contribution >= 0.6 is 0 Å². The first-order valence-corrected chi connectivity index (χ1v) is 8.64. The second-order valence-electron chi connectivity index (χ2n) is 5.03. The summed E-state index contributed by atoms with van der Waals surface area (Å²) in [5.41, 5.74) is -1.30. The second-order valence-corrected chi connectivity index (χ2v) is 7.31. The number of hydrogen-bond donors (Lipinski definition) is 2. The topological polar surface area (TPSA) is 101 Å². The maximum atomic E-state index is 12.5. The van der Waals surface area contributed by atoms with Gasteiger partial charge in [0.2, 0.25) is 5.91 Å². The van der Waals surface area contributed by atoms with Crippen molar-refractivity contribution in [2.24, 2.45) is 0 Å². The zero-order valence-corrected chi connectivity index (χ0v) is 13.7. The number of benzene rings is 1. The standard InChI is InChI=1S/C14H14F3N3O4S/c1-2-25(23,24)9-3-4-11(21)10(7-9)18-13(22)8-20-6-5-12(19-20)14(15,16)17/h3-7,21H,2,8H2,1H3,(H,18,22). The summed E-state index contributed by atoms with van der Waals surface area (Å²) in [6.07, 6.45) is -3.64. The van der Waals surface area contributed by atoms with E-state index in [0.29, 0.717) is 0 Å². The number of carbonyl (C=O) groups is 1. The SMILES string of the molecule is CCS(=O)(=O)c1ccc(O)c(NC(=O)Cn2ccc(C(F)(F)F)n2)c1. The molecular weight excluding hydrogens is 363 g/mol. The van der Waals surface area contributed by atoms with Gasteiger partial charge in [0, 0.05) is 6.20 Å². The number of phenols is 1. The predicted molar refractivity (Wildman–Crippen MR) is 81.7 cm³/mol. The van der Waals surface area contributed by atoms with Gasteiger partial charge in [-0.1, -0.05) is 6.92 Å². The van der Waals surface area contributed by atoms with Crippen molar-refractivity contribution in [1.29, 1.82) is 0 Å². The molecule has 0 atom stereocenters. The minimum atomic E-state index is -4.62. The molecule has 1 aromatic heterocycles. The Hall–Kier alpha value is -2.56. The average Bonchev–Trinajstić information content (AvgIpc) is 2.98. The van der Waals surface area contributed by atoms with Gasteiger partial charge in [-0.15, -0.1) is 0 Å². The third kappa shape index (κ3) is 4.50. The molecule has 0 saturated heterocycles. The number of carbonyl (C=O) groups excluding carboxylic acids is 1. The summed E-state index contributed by atoms with van der Waals surface area (Å²) in [4.78, 5) is 11.8. The quantitative estimate of drug-likeness (QED) is 0.777. The lowest BCUT2D eigenvalue weighted by atomic mass is 10.3. The van der Waals surface area contributed by atoms with Crippen LogP contribution in [0, 0.1) is 0 Å². The molecule has 136 valence electrons. The molecule has 1 aromatic carbocycles. The van der Waals surface area contributed by atoms with E-state index in [-0.39, 0.29) is 22.1 Å². The summed E-state index contributed by atoms with van der Waals surface area (Å²) < 4.78 is 61.8. The minimum absolute atomic E-state index is 0.0958. The van der Waals surface area contributed by atoms with Gasteiger partial charge in [-0.2, -0.15) is 18.3 Å². The van der Waals surface area contributed by atoms with Gasteiger partial charge in [-0.25, -0.2) is 8.42 Å². The number of hydrogen-bond acceptors (Lipinski definition) is 5. The molecule has 0 bridgehead atoms. The van der Waals surface area contributed by atoms with Crippen LogP contribution in [0.1, 0.15) is 12.6 Å². The Kier molecular flexibility index (Phi) is 5.07.